The van der Waals surface area contributed by atoms with Crippen molar-refractivity contribution in [3.8, 4) is 0 Å². The van der Waals surface area contributed by atoms with Crippen molar-refractivity contribution < 1.29 is 19.2 Å². The predicted molar refractivity (Wildman–Crippen MR) is 116 cm³/mol. The van der Waals surface area contributed by atoms with Gasteiger partial charge >= 0.3 is 6.03 Å². The van der Waals surface area contributed by atoms with Crippen LogP contribution in [-0.4, -0.2) is 46.5 Å². The highest BCUT2D eigenvalue weighted by Crippen LogP contribution is 2.32. The quantitative estimate of drug-likeness (QED) is 0.608. The summed E-state index contributed by atoms with van der Waals surface area (Å²) in [7, 11) is 1.62. The van der Waals surface area contributed by atoms with Gasteiger partial charge in [-0.1, -0.05) is 42.5 Å². The summed E-state index contributed by atoms with van der Waals surface area (Å²) in [4.78, 5) is 53.8. The molecule has 1 atom stereocenters. The third-order valence-electron chi connectivity index (χ3n) is 5.69. The van der Waals surface area contributed by atoms with E-state index in [4.69, 9.17) is 0 Å². The molecule has 1 aliphatic heterocycles. The molecule has 2 aromatic carbocycles. The summed E-state index contributed by atoms with van der Waals surface area (Å²) in [6, 6.07) is 13.0. The number of Topliss-reactive ketones (excluding diaryl/α,β-unsaturated/α-hetero) is 1. The zero-order valence-electron chi connectivity index (χ0n) is 17.3. The highest BCUT2D eigenvalue weighted by molar-refractivity contribution is 6.23. The number of benzene rings is 2. The van der Waals surface area contributed by atoms with E-state index in [1.807, 2.05) is 18.2 Å². The number of nitrogens with zero attached hydrogens (tertiary/aromatic N) is 2. The van der Waals surface area contributed by atoms with E-state index >= 15 is 0 Å². The van der Waals surface area contributed by atoms with E-state index in [-0.39, 0.29) is 35.9 Å². The number of ketones is 1. The van der Waals surface area contributed by atoms with Gasteiger partial charge in [0.05, 0.1) is 17.2 Å². The number of urea groups is 1. The molecule has 31 heavy (non-hydrogen) atoms. The second kappa shape index (κ2) is 8.18. The van der Waals surface area contributed by atoms with Crippen LogP contribution in [0.5, 0.6) is 0 Å². The minimum Gasteiger partial charge on any atom is -0.323 e. The first-order chi connectivity index (χ1) is 14.9. The molecule has 7 heteroatoms. The number of carbonyl (C=O) groups is 4. The van der Waals surface area contributed by atoms with Gasteiger partial charge in [-0.15, -0.1) is 0 Å². The molecule has 2 aromatic rings. The summed E-state index contributed by atoms with van der Waals surface area (Å²) >= 11 is 0. The predicted octanol–water partition coefficient (Wildman–Crippen LogP) is 3.62. The molecule has 0 radical (unpaired) electrons. The maximum atomic E-state index is 13.2. The number of hydrogen-bond acceptors (Lipinski definition) is 4. The highest BCUT2D eigenvalue weighted by Gasteiger charge is 2.44. The molecule has 1 fully saturated rings. The normalized spacial score (nSPS) is 18.2. The molecule has 0 bridgehead atoms. The monoisotopic (exact) mass is 417 g/mol. The Balaban J connectivity index is 1.55. The first-order valence-corrected chi connectivity index (χ1v) is 10.1. The molecule has 0 aromatic heterocycles. The number of carbonyl (C=O) groups excluding carboxylic acids is 4. The molecule has 2 aliphatic rings. The van der Waals surface area contributed by atoms with Gasteiger partial charge in [0, 0.05) is 25.7 Å². The van der Waals surface area contributed by atoms with E-state index in [1.54, 1.807) is 37.4 Å². The van der Waals surface area contributed by atoms with Crippen molar-refractivity contribution >= 4 is 29.3 Å². The van der Waals surface area contributed by atoms with Crippen LogP contribution in [0.1, 0.15) is 45.5 Å². The van der Waals surface area contributed by atoms with Crippen molar-refractivity contribution in [3.63, 3.8) is 0 Å². The lowest BCUT2D eigenvalue weighted by Gasteiger charge is -2.29. The van der Waals surface area contributed by atoms with Crippen LogP contribution >= 0.6 is 0 Å². The Bertz CT molecular complexity index is 1090. The van der Waals surface area contributed by atoms with Crippen LogP contribution in [0.2, 0.25) is 0 Å². The summed E-state index contributed by atoms with van der Waals surface area (Å²) in [5, 5.41) is 2.79. The lowest BCUT2D eigenvalue weighted by Crippen LogP contribution is -2.46. The fourth-order valence-corrected chi connectivity index (χ4v) is 4.08. The van der Waals surface area contributed by atoms with Crippen molar-refractivity contribution in [2.75, 3.05) is 12.4 Å². The first-order valence-electron chi connectivity index (χ1n) is 10.1. The smallest absolute Gasteiger partial charge is 0.321 e. The lowest BCUT2D eigenvalue weighted by atomic mass is 9.89. The van der Waals surface area contributed by atoms with Gasteiger partial charge in [0.25, 0.3) is 11.8 Å². The summed E-state index contributed by atoms with van der Waals surface area (Å²) < 4.78 is 0. The Morgan fingerprint density at radius 2 is 1.84 bits per heavy atom. The lowest BCUT2D eigenvalue weighted by molar-refractivity contribution is -0.123. The summed E-state index contributed by atoms with van der Waals surface area (Å²) in [6.45, 7) is 3.99. The van der Waals surface area contributed by atoms with Crippen LogP contribution in [0, 0.1) is 0 Å². The van der Waals surface area contributed by atoms with Crippen molar-refractivity contribution in [2.45, 2.75) is 31.8 Å². The molecular weight excluding hydrogens is 394 g/mol. The molecule has 1 heterocycles. The van der Waals surface area contributed by atoms with Gasteiger partial charge in [-0.2, -0.15) is 0 Å². The van der Waals surface area contributed by atoms with E-state index in [1.165, 1.54) is 4.90 Å². The number of amides is 4. The molecular formula is C24H23N3O4. The van der Waals surface area contributed by atoms with Crippen LogP contribution in [0.4, 0.5) is 10.5 Å². The Labute approximate surface area is 180 Å². The highest BCUT2D eigenvalue weighted by atomic mass is 16.2. The Hall–Kier alpha value is -3.74. The number of rotatable bonds is 4. The zero-order chi connectivity index (χ0) is 22.1. The minimum absolute atomic E-state index is 0.143. The van der Waals surface area contributed by atoms with Gasteiger partial charge in [0.15, 0.2) is 5.78 Å². The number of hydrogen-bond donors (Lipinski definition) is 1. The van der Waals surface area contributed by atoms with Crippen molar-refractivity contribution in [3.05, 3.63) is 77.4 Å². The third kappa shape index (κ3) is 3.86. The molecule has 4 rings (SSSR count). The number of fused-ring (bicyclic) bond motifs is 1. The zero-order valence-corrected chi connectivity index (χ0v) is 17.3. The Kier molecular flexibility index (Phi) is 5.42. The minimum atomic E-state index is -0.759. The molecule has 1 N–H and O–H groups in total. The molecule has 0 spiro atoms. The standard InChI is InChI=1S/C24H23N3O4/c1-15-11-12-19(20(28)13-15)27-22(29)18-10-6-7-16(21(18)23(27)30)14-26(2)24(31)25-17-8-4-3-5-9-17/h3-10,19H,1,11-14H2,2H3,(H,25,31). The van der Waals surface area contributed by atoms with Gasteiger partial charge < -0.3 is 10.2 Å². The molecule has 7 nitrogen and oxygen atoms in total. The van der Waals surface area contributed by atoms with E-state index in [0.717, 1.165) is 10.5 Å². The average Bonchev–Trinajstić information content (AvgIpc) is 3.00. The van der Waals surface area contributed by atoms with Crippen molar-refractivity contribution in [2.24, 2.45) is 0 Å². The van der Waals surface area contributed by atoms with Gasteiger partial charge in [-0.3, -0.25) is 19.3 Å². The maximum absolute atomic E-state index is 13.2. The van der Waals surface area contributed by atoms with Crippen LogP contribution < -0.4 is 5.32 Å². The van der Waals surface area contributed by atoms with E-state index in [9.17, 15) is 19.2 Å². The van der Waals surface area contributed by atoms with Crippen LogP contribution in [0.25, 0.3) is 0 Å². The van der Waals surface area contributed by atoms with Crippen LogP contribution in [-0.2, 0) is 11.3 Å². The first kappa shape index (κ1) is 20.5. The number of para-hydroxylation sites is 1. The average molecular weight is 417 g/mol. The van der Waals surface area contributed by atoms with Crippen molar-refractivity contribution in [1.29, 1.82) is 0 Å². The van der Waals surface area contributed by atoms with E-state index in [2.05, 4.69) is 11.9 Å². The molecule has 158 valence electrons. The van der Waals surface area contributed by atoms with Crippen LogP contribution in [0.15, 0.2) is 60.7 Å². The van der Waals surface area contributed by atoms with E-state index < -0.39 is 17.9 Å². The van der Waals surface area contributed by atoms with Gasteiger partial charge in [-0.05, 0) is 36.6 Å². The Morgan fingerprint density at radius 3 is 2.55 bits per heavy atom. The SMILES string of the molecule is C=C1CCC(N2C(=O)c3cccc(CN(C)C(=O)Nc4ccccc4)c3C2=O)C(=O)C1. The topological polar surface area (TPSA) is 86.8 Å². The third-order valence-corrected chi connectivity index (χ3v) is 5.69. The summed E-state index contributed by atoms with van der Waals surface area (Å²) in [5.41, 5.74) is 2.59. The molecule has 1 aliphatic carbocycles. The fourth-order valence-electron chi connectivity index (χ4n) is 4.08. The Morgan fingerprint density at radius 1 is 1.10 bits per heavy atom. The van der Waals surface area contributed by atoms with Crippen LogP contribution in [0.3, 0.4) is 0 Å². The summed E-state index contributed by atoms with van der Waals surface area (Å²) in [5.74, 6) is -1.09. The molecule has 0 saturated heterocycles. The fraction of sp³-hybridized carbons (Fsp3) is 0.250. The number of imide groups is 1. The van der Waals surface area contributed by atoms with Gasteiger partial charge in [0.2, 0.25) is 0 Å². The van der Waals surface area contributed by atoms with Crippen molar-refractivity contribution in [1.82, 2.24) is 9.80 Å². The number of allylic oxidation sites excluding steroid dienone is 1. The largest absolute Gasteiger partial charge is 0.323 e. The molecule has 1 saturated carbocycles. The molecule has 4 amide bonds. The maximum Gasteiger partial charge on any atom is 0.321 e. The second-order valence-electron chi connectivity index (χ2n) is 7.92. The van der Waals surface area contributed by atoms with Gasteiger partial charge in [0.1, 0.15) is 0 Å². The number of nitrogens with one attached hydrogen (secondary N) is 1. The molecule has 1 unspecified atom stereocenters. The number of anilines is 1. The second-order valence-corrected chi connectivity index (χ2v) is 7.92. The van der Waals surface area contributed by atoms with Gasteiger partial charge in [-0.25, -0.2) is 4.79 Å². The summed E-state index contributed by atoms with van der Waals surface area (Å²) in [6.07, 6.45) is 1.20. The van der Waals surface area contributed by atoms with E-state index in [0.29, 0.717) is 24.1 Å².